The van der Waals surface area contributed by atoms with Gasteiger partial charge in [-0.05, 0) is 48.2 Å². The summed E-state index contributed by atoms with van der Waals surface area (Å²) >= 11 is 0. The van der Waals surface area contributed by atoms with E-state index in [4.69, 9.17) is 0 Å². The molecule has 1 saturated carbocycles. The van der Waals surface area contributed by atoms with Crippen molar-refractivity contribution in [3.05, 3.63) is 65.2 Å². The molecule has 3 nitrogen and oxygen atoms in total. The number of alkyl halides is 3. The van der Waals surface area contributed by atoms with E-state index in [2.05, 4.69) is 10.3 Å². The molecular formula is C19H20F4N2O. The maximum atomic E-state index is 13.7. The molecule has 1 fully saturated rings. The van der Waals surface area contributed by atoms with Crippen molar-refractivity contribution in [2.75, 3.05) is 6.61 Å². The predicted molar refractivity (Wildman–Crippen MR) is 88.9 cm³/mol. The van der Waals surface area contributed by atoms with Crippen LogP contribution in [0.25, 0.3) is 0 Å². The van der Waals surface area contributed by atoms with Crippen molar-refractivity contribution in [1.29, 1.82) is 0 Å². The van der Waals surface area contributed by atoms with Gasteiger partial charge in [-0.25, -0.2) is 4.98 Å². The Morgan fingerprint density at radius 3 is 2.31 bits per heavy atom. The summed E-state index contributed by atoms with van der Waals surface area (Å²) < 4.78 is 53.3. The van der Waals surface area contributed by atoms with Gasteiger partial charge in [-0.15, -0.1) is 0 Å². The van der Waals surface area contributed by atoms with Gasteiger partial charge >= 0.3 is 6.18 Å². The molecule has 1 unspecified atom stereocenters. The fourth-order valence-corrected chi connectivity index (χ4v) is 3.61. The summed E-state index contributed by atoms with van der Waals surface area (Å²) in [4.78, 5) is 3.51. The Balaban J connectivity index is 2.13. The second kappa shape index (κ2) is 7.32. The molecule has 0 amide bonds. The quantitative estimate of drug-likeness (QED) is 0.619. The molecule has 0 spiro atoms. The highest BCUT2D eigenvalue weighted by Crippen LogP contribution is 2.36. The Morgan fingerprint density at radius 1 is 1.04 bits per heavy atom. The molecule has 2 N–H and O–H groups in total. The largest absolute Gasteiger partial charge is 0.416 e. The van der Waals surface area contributed by atoms with E-state index in [0.717, 1.165) is 43.9 Å². The summed E-state index contributed by atoms with van der Waals surface area (Å²) in [5.74, 6) is -0.750. The van der Waals surface area contributed by atoms with E-state index in [9.17, 15) is 22.7 Å². The first-order valence-corrected chi connectivity index (χ1v) is 8.53. The van der Waals surface area contributed by atoms with E-state index >= 15 is 0 Å². The highest BCUT2D eigenvalue weighted by Gasteiger charge is 2.39. The molecule has 0 saturated heterocycles. The Bertz CT molecular complexity index is 759. The fraction of sp³-hybridized carbons (Fsp3) is 0.421. The van der Waals surface area contributed by atoms with Crippen LogP contribution in [0.15, 0.2) is 42.6 Å². The minimum Gasteiger partial charge on any atom is -0.394 e. The monoisotopic (exact) mass is 368 g/mol. The number of rotatable bonds is 5. The second-order valence-corrected chi connectivity index (χ2v) is 6.63. The number of halogens is 4. The van der Waals surface area contributed by atoms with Crippen LogP contribution in [0.3, 0.4) is 0 Å². The molecule has 1 aromatic carbocycles. The molecule has 7 heteroatoms. The molecule has 3 rings (SSSR count). The summed E-state index contributed by atoms with van der Waals surface area (Å²) in [6.45, 7) is -0.506. The molecular weight excluding hydrogens is 348 g/mol. The lowest BCUT2D eigenvalue weighted by atomic mass is 9.82. The summed E-state index contributed by atoms with van der Waals surface area (Å²) in [5, 5.41) is 13.5. The lowest BCUT2D eigenvalue weighted by Crippen LogP contribution is -2.51. The van der Waals surface area contributed by atoms with Crippen LogP contribution in [0.2, 0.25) is 0 Å². The van der Waals surface area contributed by atoms with Crippen LogP contribution in [-0.2, 0) is 11.7 Å². The van der Waals surface area contributed by atoms with Gasteiger partial charge in [0.05, 0.1) is 17.7 Å². The molecule has 1 aliphatic rings. The van der Waals surface area contributed by atoms with Crippen LogP contribution in [0, 0.1) is 5.95 Å². The normalized spacial score (nSPS) is 18.0. The van der Waals surface area contributed by atoms with Crippen molar-refractivity contribution in [3.63, 3.8) is 0 Å². The van der Waals surface area contributed by atoms with Crippen LogP contribution in [0.1, 0.15) is 42.4 Å². The topological polar surface area (TPSA) is 45.1 Å². The standard InChI is InChI=1S/C19H20F4N2O/c20-17-11-14(8-9-24-17)18(12-26,25-16-6-1-2-7-16)13-4-3-5-15(10-13)19(21,22)23/h3-5,8-11,16,25-26H,1-2,6-7,12H2. The van der Waals surface area contributed by atoms with Crippen molar-refractivity contribution in [1.82, 2.24) is 10.3 Å². The minimum absolute atomic E-state index is 0.0351. The van der Waals surface area contributed by atoms with E-state index in [-0.39, 0.29) is 11.6 Å². The SMILES string of the molecule is OCC(NC1CCCC1)(c1cccc(C(F)(F)F)c1)c1ccnc(F)c1. The van der Waals surface area contributed by atoms with Crippen molar-refractivity contribution in [3.8, 4) is 0 Å². The molecule has 2 aromatic rings. The Hall–Kier alpha value is -1.99. The lowest BCUT2D eigenvalue weighted by molar-refractivity contribution is -0.137. The molecule has 1 heterocycles. The average molecular weight is 368 g/mol. The zero-order valence-corrected chi connectivity index (χ0v) is 14.1. The minimum atomic E-state index is -4.51. The van der Waals surface area contributed by atoms with E-state index in [0.29, 0.717) is 5.56 Å². The van der Waals surface area contributed by atoms with Gasteiger partial charge in [-0.3, -0.25) is 5.32 Å². The molecule has 26 heavy (non-hydrogen) atoms. The lowest BCUT2D eigenvalue weighted by Gasteiger charge is -2.37. The highest BCUT2D eigenvalue weighted by molar-refractivity contribution is 5.41. The van der Waals surface area contributed by atoms with Crippen LogP contribution >= 0.6 is 0 Å². The molecule has 0 bridgehead atoms. The van der Waals surface area contributed by atoms with E-state index in [1.165, 1.54) is 24.4 Å². The fourth-order valence-electron chi connectivity index (χ4n) is 3.61. The zero-order chi connectivity index (χ0) is 18.8. The van der Waals surface area contributed by atoms with Crippen molar-refractivity contribution in [2.45, 2.75) is 43.4 Å². The third-order valence-corrected chi connectivity index (χ3v) is 4.94. The first kappa shape index (κ1) is 18.8. The van der Waals surface area contributed by atoms with Crippen molar-refractivity contribution >= 4 is 0 Å². The summed E-state index contributed by atoms with van der Waals surface area (Å²) in [7, 11) is 0. The maximum Gasteiger partial charge on any atom is 0.416 e. The molecule has 140 valence electrons. The number of nitrogens with one attached hydrogen (secondary N) is 1. The first-order valence-electron chi connectivity index (χ1n) is 8.53. The van der Waals surface area contributed by atoms with Crippen molar-refractivity contribution < 1.29 is 22.7 Å². The van der Waals surface area contributed by atoms with E-state index in [1.807, 2.05) is 0 Å². The third kappa shape index (κ3) is 3.73. The Morgan fingerprint density at radius 2 is 1.69 bits per heavy atom. The molecule has 0 aliphatic heterocycles. The van der Waals surface area contributed by atoms with Gasteiger partial charge in [-0.2, -0.15) is 17.6 Å². The van der Waals surface area contributed by atoms with E-state index < -0.39 is 29.8 Å². The first-order chi connectivity index (χ1) is 12.3. The van der Waals surface area contributed by atoms with Crippen LogP contribution in [0.4, 0.5) is 17.6 Å². The van der Waals surface area contributed by atoms with Crippen molar-refractivity contribution in [2.24, 2.45) is 0 Å². The summed E-state index contributed by atoms with van der Waals surface area (Å²) in [6, 6.07) is 7.51. The molecule has 1 atom stereocenters. The Kier molecular flexibility index (Phi) is 5.29. The van der Waals surface area contributed by atoms with E-state index in [1.54, 1.807) is 0 Å². The average Bonchev–Trinajstić information content (AvgIpc) is 3.12. The number of aliphatic hydroxyl groups excluding tert-OH is 1. The maximum absolute atomic E-state index is 13.7. The Labute approximate surface area is 149 Å². The number of pyridine rings is 1. The highest BCUT2D eigenvalue weighted by atomic mass is 19.4. The van der Waals surface area contributed by atoms with Crippen LogP contribution in [-0.4, -0.2) is 22.7 Å². The zero-order valence-electron chi connectivity index (χ0n) is 14.1. The number of aromatic nitrogens is 1. The summed E-state index contributed by atoms with van der Waals surface area (Å²) in [6.07, 6.45) is 0.467. The molecule has 0 radical (unpaired) electrons. The van der Waals surface area contributed by atoms with Gasteiger partial charge in [-0.1, -0.05) is 25.0 Å². The van der Waals surface area contributed by atoms with Gasteiger partial charge in [0.15, 0.2) is 0 Å². The number of nitrogens with zero attached hydrogens (tertiary/aromatic N) is 1. The number of hydrogen-bond donors (Lipinski definition) is 2. The van der Waals surface area contributed by atoms with Gasteiger partial charge in [0.1, 0.15) is 0 Å². The van der Waals surface area contributed by atoms with Crippen LogP contribution < -0.4 is 5.32 Å². The van der Waals surface area contributed by atoms with Gasteiger partial charge in [0.25, 0.3) is 0 Å². The van der Waals surface area contributed by atoms with Gasteiger partial charge < -0.3 is 5.11 Å². The van der Waals surface area contributed by atoms with Gasteiger partial charge in [0.2, 0.25) is 5.95 Å². The summed E-state index contributed by atoms with van der Waals surface area (Å²) in [5.41, 5.74) is -1.55. The molecule has 1 aromatic heterocycles. The number of aliphatic hydroxyl groups is 1. The molecule has 1 aliphatic carbocycles. The smallest absolute Gasteiger partial charge is 0.394 e. The van der Waals surface area contributed by atoms with Crippen LogP contribution in [0.5, 0.6) is 0 Å². The third-order valence-electron chi connectivity index (χ3n) is 4.94. The number of benzene rings is 1. The number of hydrogen-bond acceptors (Lipinski definition) is 3. The predicted octanol–water partition coefficient (Wildman–Crippen LogP) is 4.01. The van der Waals surface area contributed by atoms with Gasteiger partial charge in [0, 0.05) is 12.2 Å². The second-order valence-electron chi connectivity index (χ2n) is 6.63.